The Kier molecular flexibility index (Phi) is 56.1. The topological polar surface area (TPSA) is 228 Å². The molecule has 2 aliphatic heterocycles. The number of aliphatic hydroxyl groups is 8. The van der Waals surface area contributed by atoms with Crippen LogP contribution in [0, 0.1) is 0 Å². The zero-order valence-corrected chi connectivity index (χ0v) is 57.2. The van der Waals surface area contributed by atoms with E-state index in [0.717, 1.165) is 44.9 Å². The average Bonchev–Trinajstić information content (AvgIpc) is 1.27. The maximum Gasteiger partial charge on any atom is 0.220 e. The van der Waals surface area contributed by atoms with Gasteiger partial charge in [0.05, 0.1) is 32.0 Å². The van der Waals surface area contributed by atoms with E-state index in [2.05, 4.69) is 43.5 Å². The molecule has 0 aromatic rings. The molecule has 89 heavy (non-hydrogen) atoms. The number of aliphatic hydroxyl groups excluding tert-OH is 8. The molecular formula is C75H141NO13. The summed E-state index contributed by atoms with van der Waals surface area (Å²) in [5.41, 5.74) is 0. The van der Waals surface area contributed by atoms with E-state index in [0.29, 0.717) is 12.8 Å². The highest BCUT2D eigenvalue weighted by Gasteiger charge is 2.51. The fourth-order valence-electron chi connectivity index (χ4n) is 12.6. The highest BCUT2D eigenvalue weighted by Crippen LogP contribution is 2.30. The number of carbonyl (C=O) groups is 1. The van der Waals surface area contributed by atoms with Gasteiger partial charge in [0.25, 0.3) is 0 Å². The lowest BCUT2D eigenvalue weighted by Gasteiger charge is -2.46. The smallest absolute Gasteiger partial charge is 0.220 e. The van der Waals surface area contributed by atoms with Gasteiger partial charge < -0.3 is 65.1 Å². The van der Waals surface area contributed by atoms with Crippen LogP contribution in [-0.4, -0.2) is 140 Å². The molecule has 2 aliphatic rings. The summed E-state index contributed by atoms with van der Waals surface area (Å²) in [5.74, 6) is -0.246. The normalized spacial score (nSPS) is 23.2. The Morgan fingerprint density at radius 3 is 1.10 bits per heavy atom. The van der Waals surface area contributed by atoms with Crippen molar-refractivity contribution in [3.8, 4) is 0 Å². The molecule has 1 amide bonds. The predicted molar refractivity (Wildman–Crippen MR) is 365 cm³/mol. The number of hydrogen-bond acceptors (Lipinski definition) is 13. The lowest BCUT2D eigenvalue weighted by Crippen LogP contribution is -2.65. The molecule has 9 N–H and O–H groups in total. The summed E-state index contributed by atoms with van der Waals surface area (Å²) in [6, 6.07) is -0.937. The number of ether oxygens (including phenoxy) is 4. The summed E-state index contributed by atoms with van der Waals surface area (Å²) in [5, 5.41) is 87.5. The van der Waals surface area contributed by atoms with Crippen LogP contribution in [0.15, 0.2) is 36.5 Å². The van der Waals surface area contributed by atoms with E-state index in [1.165, 1.54) is 263 Å². The van der Waals surface area contributed by atoms with Gasteiger partial charge in [-0.05, 0) is 44.9 Å². The van der Waals surface area contributed by atoms with Gasteiger partial charge in [-0.1, -0.05) is 326 Å². The molecule has 14 heteroatoms. The van der Waals surface area contributed by atoms with Gasteiger partial charge in [-0.2, -0.15) is 0 Å². The van der Waals surface area contributed by atoms with Crippen molar-refractivity contribution in [3.05, 3.63) is 36.5 Å². The van der Waals surface area contributed by atoms with Crippen LogP contribution < -0.4 is 5.32 Å². The molecule has 2 rings (SSSR count). The minimum Gasteiger partial charge on any atom is -0.394 e. The Bertz CT molecular complexity index is 1630. The number of carbonyl (C=O) groups excluding carboxylic acids is 1. The van der Waals surface area contributed by atoms with E-state index in [1.807, 2.05) is 6.08 Å². The zero-order valence-electron chi connectivity index (χ0n) is 57.2. The summed E-state index contributed by atoms with van der Waals surface area (Å²) in [6.45, 7) is 2.84. The second kappa shape index (κ2) is 59.9. The lowest BCUT2D eigenvalue weighted by atomic mass is 9.97. The fraction of sp³-hybridized carbons (Fsp3) is 0.907. The van der Waals surface area contributed by atoms with Crippen molar-refractivity contribution < 1.29 is 64.6 Å². The molecule has 2 heterocycles. The van der Waals surface area contributed by atoms with Crippen LogP contribution >= 0.6 is 0 Å². The largest absolute Gasteiger partial charge is 0.394 e. The Labute approximate surface area is 544 Å². The van der Waals surface area contributed by atoms with Crippen molar-refractivity contribution in [1.29, 1.82) is 0 Å². The van der Waals surface area contributed by atoms with Gasteiger partial charge in [-0.25, -0.2) is 0 Å². The summed E-state index contributed by atoms with van der Waals surface area (Å²) in [7, 11) is 0. The van der Waals surface area contributed by atoms with Gasteiger partial charge in [0.15, 0.2) is 12.6 Å². The molecule has 524 valence electrons. The van der Waals surface area contributed by atoms with Gasteiger partial charge >= 0.3 is 0 Å². The van der Waals surface area contributed by atoms with E-state index in [-0.39, 0.29) is 18.9 Å². The minimum absolute atomic E-state index is 0.246. The minimum atomic E-state index is -1.79. The highest BCUT2D eigenvalue weighted by molar-refractivity contribution is 5.76. The first-order valence-corrected chi connectivity index (χ1v) is 37.7. The van der Waals surface area contributed by atoms with Crippen LogP contribution in [0.1, 0.15) is 341 Å². The monoisotopic (exact) mass is 1260 g/mol. The molecule has 0 bridgehead atoms. The number of allylic oxidation sites excluding steroid dienone is 5. The van der Waals surface area contributed by atoms with Crippen molar-refractivity contribution in [1.82, 2.24) is 5.32 Å². The number of unbranched alkanes of at least 4 members (excludes halogenated alkanes) is 46. The summed E-state index contributed by atoms with van der Waals surface area (Å²) in [6.07, 6.45) is 60.8. The van der Waals surface area contributed by atoms with E-state index < -0.39 is 86.8 Å². The van der Waals surface area contributed by atoms with Gasteiger partial charge in [0.1, 0.15) is 48.8 Å². The quantitative estimate of drug-likeness (QED) is 0.0204. The van der Waals surface area contributed by atoms with E-state index >= 15 is 0 Å². The Morgan fingerprint density at radius 2 is 0.719 bits per heavy atom. The highest BCUT2D eigenvalue weighted by atomic mass is 16.7. The van der Waals surface area contributed by atoms with Crippen LogP contribution in [0.5, 0.6) is 0 Å². The standard InChI is InChI=1S/C75H141NO13/c1-3-5-7-9-11-13-15-17-19-21-23-25-27-29-30-31-32-33-35-36-38-40-42-44-46-48-50-52-54-56-58-64(79)63(62-86-74-72(85)70(83)73(66(61-78)88-74)89-75-71(84)69(82)68(81)65(60-77)87-75)76-67(80)59-57-55-53-51-49-47-45-43-41-39-37-34-28-26-24-22-20-18-16-14-12-10-8-6-4-2/h40,42,48,50,56,58,63-66,68-75,77-79,81-85H,3-39,41,43-47,49,51-55,57,59-62H2,1-2H3,(H,76,80)/b42-40+,50-48+,58-56+. The van der Waals surface area contributed by atoms with E-state index in [1.54, 1.807) is 6.08 Å². The summed E-state index contributed by atoms with van der Waals surface area (Å²) < 4.78 is 22.9. The number of hydrogen-bond donors (Lipinski definition) is 9. The number of nitrogens with one attached hydrogen (secondary N) is 1. The third-order valence-corrected chi connectivity index (χ3v) is 18.6. The first-order chi connectivity index (χ1) is 43.6. The van der Waals surface area contributed by atoms with Crippen LogP contribution in [0.4, 0.5) is 0 Å². The lowest BCUT2D eigenvalue weighted by molar-refractivity contribution is -0.359. The summed E-state index contributed by atoms with van der Waals surface area (Å²) in [4.78, 5) is 13.3. The zero-order chi connectivity index (χ0) is 64.5. The van der Waals surface area contributed by atoms with Crippen LogP contribution in [-0.2, 0) is 23.7 Å². The first-order valence-electron chi connectivity index (χ1n) is 37.7. The molecule has 0 aromatic carbocycles. The van der Waals surface area contributed by atoms with Crippen molar-refractivity contribution in [2.75, 3.05) is 19.8 Å². The first kappa shape index (κ1) is 83.3. The fourth-order valence-corrected chi connectivity index (χ4v) is 12.6. The second-order valence-electron chi connectivity index (χ2n) is 26.8. The SMILES string of the molecule is CCCCCCCCCCCCCCCCCCCCCC/C=C/CC/C=C/CC/C=C/C(O)C(COC1OC(CO)C(OC2OC(CO)C(O)C(O)C2O)C(O)C1O)NC(=O)CCCCCCCCCCCCCCCCCCCCCCCCCCC. The third kappa shape index (κ3) is 43.7. The van der Waals surface area contributed by atoms with Gasteiger partial charge in [-0.15, -0.1) is 0 Å². The molecule has 12 atom stereocenters. The maximum absolute atomic E-state index is 13.3. The van der Waals surface area contributed by atoms with Crippen molar-refractivity contribution >= 4 is 5.91 Å². The van der Waals surface area contributed by atoms with Crippen molar-refractivity contribution in [3.63, 3.8) is 0 Å². The molecule has 2 saturated heterocycles. The van der Waals surface area contributed by atoms with Gasteiger partial charge in [-0.3, -0.25) is 4.79 Å². The van der Waals surface area contributed by atoms with Crippen LogP contribution in [0.3, 0.4) is 0 Å². The molecule has 0 aromatic heterocycles. The molecule has 12 unspecified atom stereocenters. The van der Waals surface area contributed by atoms with Crippen LogP contribution in [0.25, 0.3) is 0 Å². The van der Waals surface area contributed by atoms with Gasteiger partial charge in [0.2, 0.25) is 5.91 Å². The van der Waals surface area contributed by atoms with E-state index in [9.17, 15) is 45.6 Å². The predicted octanol–water partition coefficient (Wildman–Crippen LogP) is 16.1. The molecule has 0 aliphatic carbocycles. The van der Waals surface area contributed by atoms with Gasteiger partial charge in [0, 0.05) is 6.42 Å². The second-order valence-corrected chi connectivity index (χ2v) is 26.8. The molecule has 0 spiro atoms. The molecule has 2 fully saturated rings. The third-order valence-electron chi connectivity index (χ3n) is 18.6. The number of amides is 1. The molecule has 14 nitrogen and oxygen atoms in total. The molecule has 0 saturated carbocycles. The van der Waals surface area contributed by atoms with Crippen molar-refractivity contribution in [2.24, 2.45) is 0 Å². The Morgan fingerprint density at radius 1 is 0.393 bits per heavy atom. The molecular weight excluding hydrogens is 1120 g/mol. The average molecular weight is 1260 g/mol. The Hall–Kier alpha value is -1.79. The maximum atomic E-state index is 13.3. The van der Waals surface area contributed by atoms with Crippen LogP contribution in [0.2, 0.25) is 0 Å². The van der Waals surface area contributed by atoms with E-state index in [4.69, 9.17) is 18.9 Å². The molecule has 0 radical (unpaired) electrons. The Balaban J connectivity index is 1.67. The number of rotatable bonds is 63. The summed E-state index contributed by atoms with van der Waals surface area (Å²) >= 11 is 0. The van der Waals surface area contributed by atoms with Crippen molar-refractivity contribution in [2.45, 2.75) is 415 Å².